The smallest absolute Gasteiger partial charge is 0.274 e. The van der Waals surface area contributed by atoms with Gasteiger partial charge in [-0.1, -0.05) is 6.07 Å². The number of nitrogens with zero attached hydrogens (tertiary/aromatic N) is 5. The standard InChI is InChI=1S/C20H29N5O3S/c1-22(2)16-9-12-23(14-16)20(26)18-17-8-4-5-11-25(17)19(21-18)15-7-6-10-24(13-15)29(3,27)28/h4-5,8,11,15-16H,6-7,9-10,12-14H2,1-3H3/t15-,16-/m1/s1. The highest BCUT2D eigenvalue weighted by Crippen LogP contribution is 2.30. The second kappa shape index (κ2) is 7.70. The van der Waals surface area contributed by atoms with Crippen LogP contribution >= 0.6 is 0 Å². The van der Waals surface area contributed by atoms with E-state index in [1.54, 1.807) is 0 Å². The minimum Gasteiger partial charge on any atom is -0.336 e. The number of aromatic nitrogens is 2. The van der Waals surface area contributed by atoms with Gasteiger partial charge >= 0.3 is 0 Å². The number of likely N-dealkylation sites (tertiary alicyclic amines) is 1. The summed E-state index contributed by atoms with van der Waals surface area (Å²) in [6.45, 7) is 2.39. The Bertz CT molecular complexity index is 1020. The topological polar surface area (TPSA) is 78.2 Å². The summed E-state index contributed by atoms with van der Waals surface area (Å²) in [6.07, 6.45) is 5.78. The van der Waals surface area contributed by atoms with Crippen molar-refractivity contribution in [2.24, 2.45) is 0 Å². The number of piperidine rings is 1. The van der Waals surface area contributed by atoms with E-state index in [4.69, 9.17) is 4.98 Å². The van der Waals surface area contributed by atoms with E-state index in [1.165, 1.54) is 10.6 Å². The minimum atomic E-state index is -3.24. The van der Waals surface area contributed by atoms with Crippen molar-refractivity contribution in [3.8, 4) is 0 Å². The molecule has 1 amide bonds. The fourth-order valence-electron chi connectivity index (χ4n) is 4.46. The van der Waals surface area contributed by atoms with Gasteiger partial charge in [0.15, 0.2) is 5.69 Å². The highest BCUT2D eigenvalue weighted by Gasteiger charge is 2.33. The van der Waals surface area contributed by atoms with Crippen LogP contribution in [0.5, 0.6) is 0 Å². The number of hydrogen-bond acceptors (Lipinski definition) is 5. The summed E-state index contributed by atoms with van der Waals surface area (Å²) in [6, 6.07) is 6.12. The molecule has 2 aliphatic rings. The summed E-state index contributed by atoms with van der Waals surface area (Å²) < 4.78 is 27.6. The molecule has 0 unspecified atom stereocenters. The first kappa shape index (κ1) is 20.3. The molecule has 0 bridgehead atoms. The van der Waals surface area contributed by atoms with Gasteiger partial charge in [-0.15, -0.1) is 0 Å². The number of fused-ring (bicyclic) bond motifs is 1. The monoisotopic (exact) mass is 419 g/mol. The van der Waals surface area contributed by atoms with E-state index in [1.807, 2.05) is 47.8 Å². The van der Waals surface area contributed by atoms with Crippen LogP contribution in [0.2, 0.25) is 0 Å². The van der Waals surface area contributed by atoms with E-state index in [9.17, 15) is 13.2 Å². The number of hydrogen-bond donors (Lipinski definition) is 0. The average molecular weight is 420 g/mol. The molecule has 0 aromatic carbocycles. The first-order valence-corrected chi connectivity index (χ1v) is 12.0. The van der Waals surface area contributed by atoms with Crippen molar-refractivity contribution in [2.45, 2.75) is 31.2 Å². The molecule has 2 fully saturated rings. The second-order valence-electron chi connectivity index (χ2n) is 8.39. The summed E-state index contributed by atoms with van der Waals surface area (Å²) >= 11 is 0. The zero-order valence-corrected chi connectivity index (χ0v) is 18.1. The van der Waals surface area contributed by atoms with Crippen molar-refractivity contribution >= 4 is 21.4 Å². The molecule has 9 heteroatoms. The molecular formula is C20H29N5O3S. The van der Waals surface area contributed by atoms with E-state index in [0.29, 0.717) is 31.4 Å². The zero-order valence-electron chi connectivity index (χ0n) is 17.3. The van der Waals surface area contributed by atoms with E-state index in [0.717, 1.165) is 37.1 Å². The molecule has 29 heavy (non-hydrogen) atoms. The third-order valence-corrected chi connectivity index (χ3v) is 7.45. The summed E-state index contributed by atoms with van der Waals surface area (Å²) in [5.74, 6) is 0.712. The second-order valence-corrected chi connectivity index (χ2v) is 10.4. The molecular weight excluding hydrogens is 390 g/mol. The van der Waals surface area contributed by atoms with Crippen LogP contribution in [0.3, 0.4) is 0 Å². The lowest BCUT2D eigenvalue weighted by atomic mass is 9.99. The van der Waals surface area contributed by atoms with Crippen molar-refractivity contribution in [2.75, 3.05) is 46.5 Å². The molecule has 2 saturated heterocycles. The number of amides is 1. The molecule has 8 nitrogen and oxygen atoms in total. The molecule has 2 aliphatic heterocycles. The largest absolute Gasteiger partial charge is 0.336 e. The molecule has 0 N–H and O–H groups in total. The number of pyridine rings is 1. The van der Waals surface area contributed by atoms with Crippen molar-refractivity contribution in [1.82, 2.24) is 23.5 Å². The Labute approximate surface area is 172 Å². The van der Waals surface area contributed by atoms with Crippen LogP contribution in [-0.2, 0) is 10.0 Å². The lowest BCUT2D eigenvalue weighted by Gasteiger charge is -2.30. The number of rotatable bonds is 4. The van der Waals surface area contributed by atoms with Gasteiger partial charge in [-0.3, -0.25) is 4.79 Å². The van der Waals surface area contributed by atoms with Gasteiger partial charge in [0.1, 0.15) is 5.82 Å². The maximum atomic E-state index is 13.3. The van der Waals surface area contributed by atoms with Crippen molar-refractivity contribution in [1.29, 1.82) is 0 Å². The first-order valence-electron chi connectivity index (χ1n) is 10.1. The molecule has 2 atom stereocenters. The molecule has 0 saturated carbocycles. The van der Waals surface area contributed by atoms with E-state index >= 15 is 0 Å². The first-order chi connectivity index (χ1) is 13.8. The third kappa shape index (κ3) is 3.91. The maximum Gasteiger partial charge on any atom is 0.274 e. The molecule has 4 heterocycles. The molecule has 0 radical (unpaired) electrons. The van der Waals surface area contributed by atoms with E-state index in [-0.39, 0.29) is 11.8 Å². The van der Waals surface area contributed by atoms with Gasteiger partial charge in [-0.25, -0.2) is 17.7 Å². The molecule has 4 rings (SSSR count). The lowest BCUT2D eigenvalue weighted by molar-refractivity contribution is 0.0779. The Kier molecular flexibility index (Phi) is 5.39. The van der Waals surface area contributed by atoms with Gasteiger partial charge in [0.2, 0.25) is 10.0 Å². The molecule has 2 aromatic rings. The predicted molar refractivity (Wildman–Crippen MR) is 112 cm³/mol. The Morgan fingerprint density at radius 1 is 1.17 bits per heavy atom. The van der Waals surface area contributed by atoms with Crippen molar-refractivity contribution in [3.63, 3.8) is 0 Å². The zero-order chi connectivity index (χ0) is 20.8. The maximum absolute atomic E-state index is 13.3. The van der Waals surface area contributed by atoms with E-state index < -0.39 is 10.0 Å². The highest BCUT2D eigenvalue weighted by atomic mass is 32.2. The van der Waals surface area contributed by atoms with Gasteiger partial charge in [0.05, 0.1) is 11.8 Å². The van der Waals surface area contributed by atoms with Crippen molar-refractivity contribution in [3.05, 3.63) is 35.9 Å². The lowest BCUT2D eigenvalue weighted by Crippen LogP contribution is -2.38. The van der Waals surface area contributed by atoms with Crippen LogP contribution in [0, 0.1) is 0 Å². The summed E-state index contributed by atoms with van der Waals surface area (Å²) in [5.41, 5.74) is 1.26. The predicted octanol–water partition coefficient (Wildman–Crippen LogP) is 1.25. The minimum absolute atomic E-state index is 0.0250. The fraction of sp³-hybridized carbons (Fsp3) is 0.600. The van der Waals surface area contributed by atoms with Crippen LogP contribution in [0.25, 0.3) is 5.52 Å². The third-order valence-electron chi connectivity index (χ3n) is 6.18. The molecule has 2 aromatic heterocycles. The molecule has 158 valence electrons. The van der Waals surface area contributed by atoms with Gasteiger partial charge in [0, 0.05) is 44.3 Å². The number of likely N-dealkylation sites (N-methyl/N-ethyl adjacent to an activating group) is 1. The van der Waals surface area contributed by atoms with Crippen LogP contribution < -0.4 is 0 Å². The highest BCUT2D eigenvalue weighted by molar-refractivity contribution is 7.88. The fourth-order valence-corrected chi connectivity index (χ4v) is 5.37. The SMILES string of the molecule is CN(C)[C@@H]1CCN(C(=O)c2nc([C@@H]3CCCN(S(C)(=O)=O)C3)n3ccccc23)C1. The normalized spacial score (nSPS) is 23.9. The van der Waals surface area contributed by atoms with Crippen LogP contribution in [-0.4, -0.2) is 90.4 Å². The summed E-state index contributed by atoms with van der Waals surface area (Å²) in [4.78, 5) is 22.1. The molecule has 0 aliphatic carbocycles. The van der Waals surface area contributed by atoms with Crippen LogP contribution in [0.1, 0.15) is 41.5 Å². The summed E-state index contributed by atoms with van der Waals surface area (Å²) in [5, 5.41) is 0. The summed E-state index contributed by atoms with van der Waals surface area (Å²) in [7, 11) is 0.842. The quantitative estimate of drug-likeness (QED) is 0.745. The van der Waals surface area contributed by atoms with Crippen LogP contribution in [0.4, 0.5) is 0 Å². The average Bonchev–Trinajstić information content (AvgIpc) is 3.33. The van der Waals surface area contributed by atoms with E-state index in [2.05, 4.69) is 4.90 Å². The van der Waals surface area contributed by atoms with Gasteiger partial charge in [-0.05, 0) is 45.5 Å². The number of imidazole rings is 1. The Balaban J connectivity index is 1.66. The van der Waals surface area contributed by atoms with Gasteiger partial charge in [0.25, 0.3) is 5.91 Å². The number of sulfonamides is 1. The number of carbonyl (C=O) groups is 1. The molecule has 0 spiro atoms. The van der Waals surface area contributed by atoms with Gasteiger partial charge in [-0.2, -0.15) is 0 Å². The Morgan fingerprint density at radius 3 is 2.66 bits per heavy atom. The Morgan fingerprint density at radius 2 is 1.97 bits per heavy atom. The van der Waals surface area contributed by atoms with Gasteiger partial charge < -0.3 is 14.2 Å². The van der Waals surface area contributed by atoms with Crippen molar-refractivity contribution < 1.29 is 13.2 Å². The number of carbonyl (C=O) groups excluding carboxylic acids is 1. The Hall–Kier alpha value is -1.97. The van der Waals surface area contributed by atoms with Crippen LogP contribution in [0.15, 0.2) is 24.4 Å².